The zero-order valence-electron chi connectivity index (χ0n) is 11.4. The molecular weight excluding hydrogens is 303 g/mol. The van der Waals surface area contributed by atoms with E-state index in [0.717, 1.165) is 6.07 Å². The summed E-state index contributed by atoms with van der Waals surface area (Å²) < 4.78 is 50.4. The van der Waals surface area contributed by atoms with Crippen molar-refractivity contribution < 1.29 is 32.5 Å². The monoisotopic (exact) mass is 317 g/mol. The van der Waals surface area contributed by atoms with Crippen molar-refractivity contribution in [3.63, 3.8) is 0 Å². The molecule has 0 saturated carbocycles. The van der Waals surface area contributed by atoms with Crippen molar-refractivity contribution in [2.24, 2.45) is 5.92 Å². The van der Waals surface area contributed by atoms with Crippen molar-refractivity contribution in [3.05, 3.63) is 23.3 Å². The van der Waals surface area contributed by atoms with Crippen LogP contribution in [0.25, 0.3) is 0 Å². The lowest BCUT2D eigenvalue weighted by Crippen LogP contribution is -2.21. The number of hydrogen-bond acceptors (Lipinski definition) is 4. The van der Waals surface area contributed by atoms with E-state index in [1.54, 1.807) is 0 Å². The lowest BCUT2D eigenvalue weighted by molar-refractivity contribution is -0.141. The molecule has 1 fully saturated rings. The molecule has 3 rings (SSSR count). The second-order valence-corrected chi connectivity index (χ2v) is 5.31. The molecule has 2 atom stereocenters. The Hall–Kier alpha value is -1.96. The van der Waals surface area contributed by atoms with Gasteiger partial charge in [0.2, 0.25) is 0 Å². The Bertz CT molecular complexity index is 602. The van der Waals surface area contributed by atoms with E-state index in [1.807, 2.05) is 0 Å². The number of carboxylic acid groups (broad SMARTS) is 1. The predicted molar refractivity (Wildman–Crippen MR) is 68.9 cm³/mol. The van der Waals surface area contributed by atoms with Crippen LogP contribution in [-0.4, -0.2) is 30.8 Å². The Kier molecular flexibility index (Phi) is 3.64. The predicted octanol–water partition coefficient (Wildman–Crippen LogP) is 2.21. The number of aliphatic carboxylic acids is 1. The first-order valence-electron chi connectivity index (χ1n) is 6.83. The van der Waals surface area contributed by atoms with Gasteiger partial charge in [0.25, 0.3) is 0 Å². The Balaban J connectivity index is 2.00. The fourth-order valence-corrected chi connectivity index (χ4v) is 2.80. The minimum absolute atomic E-state index is 0.000463. The van der Waals surface area contributed by atoms with Crippen LogP contribution in [0.2, 0.25) is 0 Å². The molecular formula is C14H14F3NO4. The Morgan fingerprint density at radius 1 is 1.23 bits per heavy atom. The van der Waals surface area contributed by atoms with Gasteiger partial charge >= 0.3 is 12.1 Å². The van der Waals surface area contributed by atoms with Gasteiger partial charge in [-0.05, 0) is 24.1 Å². The van der Waals surface area contributed by atoms with Crippen molar-refractivity contribution in [1.82, 2.24) is 5.32 Å². The number of fused-ring (bicyclic) bond motifs is 1. The molecule has 1 aromatic carbocycles. The third-order valence-electron chi connectivity index (χ3n) is 3.88. The van der Waals surface area contributed by atoms with Gasteiger partial charge in [-0.25, -0.2) is 0 Å². The SMILES string of the molecule is O=C(O)C1CNC(c2cc3c(cc2C(F)(F)F)OCCO3)C1. The fraction of sp³-hybridized carbons (Fsp3) is 0.500. The number of alkyl halides is 3. The fourth-order valence-electron chi connectivity index (χ4n) is 2.80. The van der Waals surface area contributed by atoms with E-state index >= 15 is 0 Å². The topological polar surface area (TPSA) is 67.8 Å². The highest BCUT2D eigenvalue weighted by molar-refractivity contribution is 5.71. The van der Waals surface area contributed by atoms with Gasteiger partial charge in [0.1, 0.15) is 13.2 Å². The number of benzene rings is 1. The molecule has 0 radical (unpaired) electrons. The normalized spacial score (nSPS) is 24.3. The summed E-state index contributed by atoms with van der Waals surface area (Å²) in [5.41, 5.74) is -0.819. The van der Waals surface area contributed by atoms with E-state index in [4.69, 9.17) is 14.6 Å². The van der Waals surface area contributed by atoms with Gasteiger partial charge < -0.3 is 19.9 Å². The average molecular weight is 317 g/mol. The number of nitrogens with one attached hydrogen (secondary N) is 1. The molecule has 2 unspecified atom stereocenters. The van der Waals surface area contributed by atoms with E-state index < -0.39 is 29.7 Å². The molecule has 2 heterocycles. The van der Waals surface area contributed by atoms with Crippen LogP contribution in [-0.2, 0) is 11.0 Å². The molecule has 1 aromatic rings. The molecule has 120 valence electrons. The molecule has 2 N–H and O–H groups in total. The van der Waals surface area contributed by atoms with Gasteiger partial charge in [-0.1, -0.05) is 0 Å². The van der Waals surface area contributed by atoms with Crippen LogP contribution in [0.4, 0.5) is 13.2 Å². The third-order valence-corrected chi connectivity index (χ3v) is 3.88. The van der Waals surface area contributed by atoms with Crippen LogP contribution in [0, 0.1) is 5.92 Å². The van der Waals surface area contributed by atoms with Gasteiger partial charge in [-0.15, -0.1) is 0 Å². The molecule has 2 aliphatic rings. The summed E-state index contributed by atoms with van der Waals surface area (Å²) in [5.74, 6) is -1.38. The molecule has 0 spiro atoms. The average Bonchev–Trinajstić information content (AvgIpc) is 2.95. The van der Waals surface area contributed by atoms with Gasteiger partial charge in [-0.3, -0.25) is 4.79 Å². The molecule has 8 heteroatoms. The summed E-state index contributed by atoms with van der Waals surface area (Å²) >= 11 is 0. The van der Waals surface area contributed by atoms with E-state index in [9.17, 15) is 18.0 Å². The van der Waals surface area contributed by atoms with Crippen molar-refractivity contribution in [2.75, 3.05) is 19.8 Å². The summed E-state index contributed by atoms with van der Waals surface area (Å²) in [5, 5.41) is 11.8. The number of ether oxygens (including phenoxy) is 2. The Morgan fingerprint density at radius 3 is 2.41 bits per heavy atom. The molecule has 2 aliphatic heterocycles. The second kappa shape index (κ2) is 5.35. The summed E-state index contributed by atoms with van der Waals surface area (Å²) in [6.07, 6.45) is -4.44. The zero-order chi connectivity index (χ0) is 15.9. The number of hydrogen-bond donors (Lipinski definition) is 2. The minimum Gasteiger partial charge on any atom is -0.486 e. The number of carboxylic acids is 1. The molecule has 1 saturated heterocycles. The first-order valence-corrected chi connectivity index (χ1v) is 6.83. The van der Waals surface area contributed by atoms with Crippen LogP contribution in [0.1, 0.15) is 23.6 Å². The van der Waals surface area contributed by atoms with E-state index in [0.29, 0.717) is 0 Å². The van der Waals surface area contributed by atoms with Gasteiger partial charge in [-0.2, -0.15) is 13.2 Å². The standard InChI is InChI=1S/C14H14F3NO4/c15-14(16,17)9-5-12-11(21-1-2-22-12)4-8(9)10-3-7(6-18-10)13(19)20/h4-5,7,10,18H,1-3,6H2,(H,19,20). The zero-order valence-corrected chi connectivity index (χ0v) is 11.4. The maximum absolute atomic E-state index is 13.3. The highest BCUT2D eigenvalue weighted by Gasteiger charge is 2.40. The molecule has 0 bridgehead atoms. The number of carbonyl (C=O) groups is 1. The van der Waals surface area contributed by atoms with E-state index in [2.05, 4.69) is 5.32 Å². The lowest BCUT2D eigenvalue weighted by atomic mass is 9.95. The van der Waals surface area contributed by atoms with Crippen molar-refractivity contribution in [2.45, 2.75) is 18.6 Å². The van der Waals surface area contributed by atoms with Crippen LogP contribution in [0.15, 0.2) is 12.1 Å². The molecule has 5 nitrogen and oxygen atoms in total. The van der Waals surface area contributed by atoms with Crippen molar-refractivity contribution in [3.8, 4) is 11.5 Å². The lowest BCUT2D eigenvalue weighted by Gasteiger charge is -2.24. The summed E-state index contributed by atoms with van der Waals surface area (Å²) in [7, 11) is 0. The Morgan fingerprint density at radius 2 is 1.86 bits per heavy atom. The second-order valence-electron chi connectivity index (χ2n) is 5.31. The van der Waals surface area contributed by atoms with E-state index in [-0.39, 0.29) is 43.2 Å². The smallest absolute Gasteiger partial charge is 0.416 e. The van der Waals surface area contributed by atoms with Crippen LogP contribution >= 0.6 is 0 Å². The maximum Gasteiger partial charge on any atom is 0.416 e. The maximum atomic E-state index is 13.3. The summed E-state index contributed by atoms with van der Waals surface area (Å²) in [4.78, 5) is 11.0. The molecule has 0 amide bonds. The molecule has 0 aromatic heterocycles. The first-order chi connectivity index (χ1) is 10.4. The van der Waals surface area contributed by atoms with Crippen molar-refractivity contribution >= 4 is 5.97 Å². The summed E-state index contributed by atoms with van der Waals surface area (Å²) in [6, 6.07) is 1.56. The quantitative estimate of drug-likeness (QED) is 0.875. The molecule has 0 aliphatic carbocycles. The van der Waals surface area contributed by atoms with Gasteiger partial charge in [0.05, 0.1) is 11.5 Å². The number of rotatable bonds is 2. The largest absolute Gasteiger partial charge is 0.486 e. The minimum atomic E-state index is -4.55. The Labute approximate surface area is 124 Å². The van der Waals surface area contributed by atoms with Crippen LogP contribution < -0.4 is 14.8 Å². The highest BCUT2D eigenvalue weighted by Crippen LogP contribution is 2.44. The van der Waals surface area contributed by atoms with Gasteiger partial charge in [0.15, 0.2) is 11.5 Å². The summed E-state index contributed by atoms with van der Waals surface area (Å²) in [6.45, 7) is 0.617. The van der Waals surface area contributed by atoms with Crippen LogP contribution in [0.3, 0.4) is 0 Å². The van der Waals surface area contributed by atoms with Crippen LogP contribution in [0.5, 0.6) is 11.5 Å². The van der Waals surface area contributed by atoms with Gasteiger partial charge in [0, 0.05) is 12.6 Å². The number of halogens is 3. The van der Waals surface area contributed by atoms with Crippen molar-refractivity contribution in [1.29, 1.82) is 0 Å². The highest BCUT2D eigenvalue weighted by atomic mass is 19.4. The van der Waals surface area contributed by atoms with E-state index in [1.165, 1.54) is 6.07 Å². The third kappa shape index (κ3) is 2.70. The molecule has 22 heavy (non-hydrogen) atoms. The first kappa shape index (κ1) is 15.0.